The Morgan fingerprint density at radius 3 is 0.900 bits per heavy atom. The Kier molecular flexibility index (Phi) is 26.6. The number of hydrogen-bond donors (Lipinski definition) is 0. The van der Waals surface area contributed by atoms with Crippen LogP contribution in [0.4, 0.5) is 0 Å². The van der Waals surface area contributed by atoms with E-state index in [0.717, 1.165) is 0 Å². The van der Waals surface area contributed by atoms with Gasteiger partial charge < -0.3 is 9.80 Å². The molecule has 2 saturated heterocycles. The smallest absolute Gasteiger partial charge is 0.00188 e. The monoisotopic (exact) mass is 290 g/mol. The van der Waals surface area contributed by atoms with E-state index in [1.165, 1.54) is 77.8 Å². The summed E-state index contributed by atoms with van der Waals surface area (Å²) in [6, 6.07) is 0. The van der Waals surface area contributed by atoms with Crippen LogP contribution in [-0.2, 0) is 0 Å². The molecule has 0 spiro atoms. The molecule has 0 saturated carbocycles. The Hall–Kier alpha value is -0.0800. The summed E-state index contributed by atoms with van der Waals surface area (Å²) < 4.78 is 0. The van der Waals surface area contributed by atoms with Gasteiger partial charge in [-0.05, 0) is 65.0 Å². The zero-order valence-corrected chi connectivity index (χ0v) is 11.4. The third-order valence-electron chi connectivity index (χ3n) is 3.79. The molecule has 0 aromatic carbocycles. The number of hydrogen-bond acceptors (Lipinski definition) is 2. The van der Waals surface area contributed by atoms with Gasteiger partial charge in [-0.15, -0.1) is 0 Å². The van der Waals surface area contributed by atoms with Gasteiger partial charge in [-0.3, -0.25) is 0 Å². The molecule has 2 rings (SSSR count). The molecule has 0 aromatic rings. The Balaban J connectivity index is -0.000000107. The zero-order chi connectivity index (χ0) is 11.6. The minimum absolute atomic E-state index is 0. The lowest BCUT2D eigenvalue weighted by Gasteiger charge is -2.24. The summed E-state index contributed by atoms with van der Waals surface area (Å²) in [6.45, 7) is 12.4. The average Bonchev–Trinajstić information content (AvgIpc) is 2.41. The highest BCUT2D eigenvalue weighted by molar-refractivity contribution is 4.62. The molecule has 0 radical (unpaired) electrons. The Morgan fingerprint density at radius 1 is 0.500 bits per heavy atom. The van der Waals surface area contributed by atoms with E-state index in [2.05, 4.69) is 23.6 Å². The van der Waals surface area contributed by atoms with E-state index >= 15 is 0 Å². The average molecular weight is 291 g/mol. The second kappa shape index (κ2) is 18.9. The molecule has 128 valence electrons. The molecule has 0 aliphatic carbocycles. The van der Waals surface area contributed by atoms with Crippen molar-refractivity contribution < 1.29 is 0 Å². The summed E-state index contributed by atoms with van der Waals surface area (Å²) in [5, 5.41) is 0. The third-order valence-corrected chi connectivity index (χ3v) is 3.79. The molecule has 2 heteroatoms. The van der Waals surface area contributed by atoms with Gasteiger partial charge in [0.25, 0.3) is 0 Å². The highest BCUT2D eigenvalue weighted by Crippen LogP contribution is 2.07. The van der Waals surface area contributed by atoms with Crippen molar-refractivity contribution in [2.75, 3.05) is 39.3 Å². The molecular formula is C18H46N2. The lowest BCUT2D eigenvalue weighted by molar-refractivity contribution is 0.240. The van der Waals surface area contributed by atoms with E-state index in [0.29, 0.717) is 0 Å². The molecule has 2 aliphatic heterocycles. The molecule has 0 atom stereocenters. The van der Waals surface area contributed by atoms with Crippen LogP contribution in [0.3, 0.4) is 0 Å². The molecule has 2 heterocycles. The molecule has 2 nitrogen and oxygen atoms in total. The van der Waals surface area contributed by atoms with Gasteiger partial charge in [-0.1, -0.05) is 56.4 Å². The summed E-state index contributed by atoms with van der Waals surface area (Å²) in [6.07, 6.45) is 8.61. The highest BCUT2D eigenvalue weighted by atomic mass is 15.1. The number of likely N-dealkylation sites (tertiary alicyclic amines) is 2. The van der Waals surface area contributed by atoms with E-state index in [9.17, 15) is 0 Å². The fraction of sp³-hybridized carbons (Fsp3) is 1.00. The third kappa shape index (κ3) is 12.9. The van der Waals surface area contributed by atoms with E-state index in [4.69, 9.17) is 0 Å². The first kappa shape index (κ1) is 28.1. The van der Waals surface area contributed by atoms with Crippen LogP contribution in [0.2, 0.25) is 0 Å². The summed E-state index contributed by atoms with van der Waals surface area (Å²) in [5.74, 6) is 0. The van der Waals surface area contributed by atoms with Crippen LogP contribution in [0.1, 0.15) is 82.1 Å². The highest BCUT2D eigenvalue weighted by Gasteiger charge is 2.06. The van der Waals surface area contributed by atoms with Gasteiger partial charge in [0, 0.05) is 0 Å². The molecule has 0 N–H and O–H groups in total. The zero-order valence-electron chi connectivity index (χ0n) is 11.4. The minimum Gasteiger partial charge on any atom is -0.304 e. The second-order valence-corrected chi connectivity index (χ2v) is 4.99. The van der Waals surface area contributed by atoms with Crippen molar-refractivity contribution in [3.05, 3.63) is 0 Å². The van der Waals surface area contributed by atoms with Crippen molar-refractivity contribution in [2.24, 2.45) is 0 Å². The maximum absolute atomic E-state index is 2.52. The van der Waals surface area contributed by atoms with Crippen LogP contribution in [0.15, 0.2) is 0 Å². The lowest BCUT2D eigenvalue weighted by Crippen LogP contribution is -2.29. The molecule has 2 aliphatic rings. The topological polar surface area (TPSA) is 6.48 Å². The van der Waals surface area contributed by atoms with E-state index in [-0.39, 0.29) is 29.7 Å². The van der Waals surface area contributed by atoms with Gasteiger partial charge in [0.1, 0.15) is 0 Å². The standard InChI is InChI=1S/2C7H15N.4CH4/c2*1-2-8-6-4-3-5-7-8;;;;/h2*2-7H2,1H3;4*1H4. The van der Waals surface area contributed by atoms with Crippen molar-refractivity contribution in [3.63, 3.8) is 0 Å². The lowest BCUT2D eigenvalue weighted by atomic mass is 10.1. The maximum atomic E-state index is 2.52. The van der Waals surface area contributed by atoms with Crippen molar-refractivity contribution in [3.8, 4) is 0 Å². The molecule has 0 unspecified atom stereocenters. The van der Waals surface area contributed by atoms with E-state index < -0.39 is 0 Å². The fourth-order valence-corrected chi connectivity index (χ4v) is 2.55. The largest absolute Gasteiger partial charge is 0.304 e. The van der Waals surface area contributed by atoms with Crippen molar-refractivity contribution >= 4 is 0 Å². The number of piperidine rings is 2. The summed E-state index contributed by atoms with van der Waals surface area (Å²) >= 11 is 0. The molecule has 2 fully saturated rings. The van der Waals surface area contributed by atoms with Gasteiger partial charge in [0.05, 0.1) is 0 Å². The summed E-state index contributed by atoms with van der Waals surface area (Å²) in [7, 11) is 0. The van der Waals surface area contributed by atoms with Crippen molar-refractivity contribution in [1.82, 2.24) is 9.80 Å². The van der Waals surface area contributed by atoms with Crippen LogP contribution in [0, 0.1) is 0 Å². The SMILES string of the molecule is C.C.C.C.CCN1CCCCC1.CCN1CCCCC1. The van der Waals surface area contributed by atoms with Crippen LogP contribution >= 0.6 is 0 Å². The van der Waals surface area contributed by atoms with Crippen LogP contribution in [0.5, 0.6) is 0 Å². The maximum Gasteiger partial charge on any atom is -0.00188 e. The van der Waals surface area contributed by atoms with Crippen LogP contribution in [-0.4, -0.2) is 49.1 Å². The molecular weight excluding hydrogens is 244 g/mol. The van der Waals surface area contributed by atoms with Crippen LogP contribution in [0.25, 0.3) is 0 Å². The van der Waals surface area contributed by atoms with Crippen molar-refractivity contribution in [2.45, 2.75) is 82.1 Å². The van der Waals surface area contributed by atoms with Gasteiger partial charge in [-0.2, -0.15) is 0 Å². The van der Waals surface area contributed by atoms with E-state index in [1.54, 1.807) is 0 Å². The Morgan fingerprint density at radius 2 is 0.750 bits per heavy atom. The minimum atomic E-state index is 0. The predicted molar refractivity (Wildman–Crippen MR) is 98.9 cm³/mol. The quantitative estimate of drug-likeness (QED) is 0.660. The number of nitrogens with zero attached hydrogens (tertiary/aromatic N) is 2. The molecule has 0 bridgehead atoms. The van der Waals surface area contributed by atoms with Gasteiger partial charge >= 0.3 is 0 Å². The first-order valence-corrected chi connectivity index (χ1v) is 7.31. The number of rotatable bonds is 2. The normalized spacial score (nSPS) is 18.9. The Labute approximate surface area is 131 Å². The molecule has 0 amide bonds. The fourth-order valence-electron chi connectivity index (χ4n) is 2.55. The van der Waals surface area contributed by atoms with Gasteiger partial charge in [-0.25, -0.2) is 0 Å². The summed E-state index contributed by atoms with van der Waals surface area (Å²) in [4.78, 5) is 5.03. The van der Waals surface area contributed by atoms with Crippen LogP contribution < -0.4 is 0 Å². The first-order valence-electron chi connectivity index (χ1n) is 7.31. The van der Waals surface area contributed by atoms with Gasteiger partial charge in [0.15, 0.2) is 0 Å². The molecule has 20 heavy (non-hydrogen) atoms. The van der Waals surface area contributed by atoms with E-state index in [1.807, 2.05) is 0 Å². The van der Waals surface area contributed by atoms with Crippen molar-refractivity contribution in [1.29, 1.82) is 0 Å². The van der Waals surface area contributed by atoms with Gasteiger partial charge in [0.2, 0.25) is 0 Å². The summed E-state index contributed by atoms with van der Waals surface area (Å²) in [5.41, 5.74) is 0. The first-order chi connectivity index (χ1) is 7.86. The predicted octanol–water partition coefficient (Wildman–Crippen LogP) is 5.53. The Bertz CT molecular complexity index is 129. The second-order valence-electron chi connectivity index (χ2n) is 4.99. The molecule has 0 aromatic heterocycles.